The number of rotatable bonds is 2. The number of hydrogen-bond donors (Lipinski definition) is 1. The average molecular weight is 232 g/mol. The van der Waals surface area contributed by atoms with Gasteiger partial charge >= 0.3 is 0 Å². The molecule has 4 nitrogen and oxygen atoms in total. The van der Waals surface area contributed by atoms with E-state index in [0.29, 0.717) is 12.1 Å². The maximum absolute atomic E-state index is 4.33. The Labute approximate surface area is 102 Å². The van der Waals surface area contributed by atoms with E-state index < -0.39 is 0 Å². The van der Waals surface area contributed by atoms with Crippen LogP contribution in [0, 0.1) is 6.92 Å². The molecule has 0 radical (unpaired) electrons. The van der Waals surface area contributed by atoms with Crippen LogP contribution in [0.15, 0.2) is 12.1 Å². The van der Waals surface area contributed by atoms with Crippen LogP contribution < -0.4 is 10.2 Å². The molecule has 2 fully saturated rings. The van der Waals surface area contributed by atoms with E-state index in [4.69, 9.17) is 0 Å². The summed E-state index contributed by atoms with van der Waals surface area (Å²) in [6.07, 6.45) is 5.18. The van der Waals surface area contributed by atoms with E-state index in [9.17, 15) is 0 Å². The predicted octanol–water partition coefficient (Wildman–Crippen LogP) is 1.51. The molecule has 2 atom stereocenters. The lowest BCUT2D eigenvalue weighted by molar-refractivity contribution is 0.480. The van der Waals surface area contributed by atoms with Gasteiger partial charge in [0.15, 0.2) is 5.82 Å². The lowest BCUT2D eigenvalue weighted by atomic mass is 10.0. The monoisotopic (exact) mass is 232 g/mol. The van der Waals surface area contributed by atoms with Crippen LogP contribution in [0.5, 0.6) is 0 Å². The van der Waals surface area contributed by atoms with Crippen LogP contribution in [0.1, 0.15) is 31.4 Å². The van der Waals surface area contributed by atoms with Gasteiger partial charge in [-0.15, -0.1) is 5.10 Å². The van der Waals surface area contributed by atoms with Gasteiger partial charge < -0.3 is 10.2 Å². The van der Waals surface area contributed by atoms with Crippen LogP contribution in [0.2, 0.25) is 0 Å². The van der Waals surface area contributed by atoms with Gasteiger partial charge in [0.1, 0.15) is 0 Å². The summed E-state index contributed by atoms with van der Waals surface area (Å²) in [6, 6.07) is 5.44. The van der Waals surface area contributed by atoms with E-state index in [-0.39, 0.29) is 0 Å². The molecule has 0 amide bonds. The van der Waals surface area contributed by atoms with E-state index in [2.05, 4.69) is 32.5 Å². The zero-order valence-electron chi connectivity index (χ0n) is 10.4. The van der Waals surface area contributed by atoms with Crippen molar-refractivity contribution in [3.05, 3.63) is 17.8 Å². The van der Waals surface area contributed by atoms with Crippen molar-refractivity contribution in [3.63, 3.8) is 0 Å². The SMILES string of the molecule is Cc1ccc(N2CCCC2C2CCCN2)nn1. The quantitative estimate of drug-likeness (QED) is 0.839. The third-order valence-electron chi connectivity index (χ3n) is 3.94. The van der Waals surface area contributed by atoms with Gasteiger partial charge in [0.25, 0.3) is 0 Å². The second kappa shape index (κ2) is 4.61. The molecule has 3 heterocycles. The largest absolute Gasteiger partial charge is 0.351 e. The first kappa shape index (κ1) is 11.0. The van der Waals surface area contributed by atoms with Gasteiger partial charge in [-0.25, -0.2) is 0 Å². The van der Waals surface area contributed by atoms with Gasteiger partial charge in [-0.2, -0.15) is 5.10 Å². The molecule has 2 aliphatic heterocycles. The second-order valence-corrected chi connectivity index (χ2v) is 5.14. The summed E-state index contributed by atoms with van der Waals surface area (Å²) in [7, 11) is 0. The molecule has 1 aromatic rings. The average Bonchev–Trinajstić information content (AvgIpc) is 3.00. The van der Waals surface area contributed by atoms with Crippen LogP contribution >= 0.6 is 0 Å². The van der Waals surface area contributed by atoms with Gasteiger partial charge in [-0.05, 0) is 51.3 Å². The Bertz CT molecular complexity index is 370. The Morgan fingerprint density at radius 2 is 2.18 bits per heavy atom. The Morgan fingerprint density at radius 1 is 1.24 bits per heavy atom. The van der Waals surface area contributed by atoms with Crippen molar-refractivity contribution >= 4 is 5.82 Å². The van der Waals surface area contributed by atoms with Gasteiger partial charge in [0.05, 0.1) is 5.69 Å². The Kier molecular flexibility index (Phi) is 2.97. The lowest BCUT2D eigenvalue weighted by Gasteiger charge is -2.30. The van der Waals surface area contributed by atoms with Crippen LogP contribution in [0.3, 0.4) is 0 Å². The van der Waals surface area contributed by atoms with E-state index in [1.54, 1.807) is 0 Å². The highest BCUT2D eigenvalue weighted by molar-refractivity contribution is 5.40. The van der Waals surface area contributed by atoms with Crippen molar-refractivity contribution in [1.29, 1.82) is 0 Å². The van der Waals surface area contributed by atoms with E-state index >= 15 is 0 Å². The second-order valence-electron chi connectivity index (χ2n) is 5.14. The first-order valence-corrected chi connectivity index (χ1v) is 6.65. The Hall–Kier alpha value is -1.16. The van der Waals surface area contributed by atoms with Crippen LogP contribution in [0.25, 0.3) is 0 Å². The molecular formula is C13H20N4. The molecule has 2 unspecified atom stereocenters. The number of anilines is 1. The Balaban J connectivity index is 1.78. The minimum absolute atomic E-state index is 0.620. The summed E-state index contributed by atoms with van der Waals surface area (Å²) in [5, 5.41) is 12.1. The first-order chi connectivity index (χ1) is 8.34. The fraction of sp³-hybridized carbons (Fsp3) is 0.692. The maximum atomic E-state index is 4.33. The minimum Gasteiger partial charge on any atom is -0.351 e. The van der Waals surface area contributed by atoms with Crippen molar-refractivity contribution in [2.24, 2.45) is 0 Å². The van der Waals surface area contributed by atoms with Crippen molar-refractivity contribution in [3.8, 4) is 0 Å². The summed E-state index contributed by atoms with van der Waals surface area (Å²) in [5.74, 6) is 1.05. The standard InChI is InChI=1S/C13H20N4/c1-10-6-7-13(16-15-10)17-9-3-5-12(17)11-4-2-8-14-11/h6-7,11-12,14H,2-5,8-9H2,1H3. The number of aryl methyl sites for hydroxylation is 1. The fourth-order valence-electron chi connectivity index (χ4n) is 3.08. The van der Waals surface area contributed by atoms with Crippen LogP contribution in [-0.4, -0.2) is 35.4 Å². The molecule has 2 aliphatic rings. The molecule has 0 aliphatic carbocycles. The molecule has 4 heteroatoms. The van der Waals surface area contributed by atoms with Gasteiger partial charge in [0.2, 0.25) is 0 Å². The summed E-state index contributed by atoms with van der Waals surface area (Å²) in [6.45, 7) is 4.28. The maximum Gasteiger partial charge on any atom is 0.151 e. The molecule has 1 aromatic heterocycles. The molecular weight excluding hydrogens is 212 g/mol. The van der Waals surface area contributed by atoms with E-state index in [0.717, 1.165) is 18.1 Å². The summed E-state index contributed by atoms with van der Waals surface area (Å²) in [5.41, 5.74) is 0.989. The molecule has 1 N–H and O–H groups in total. The van der Waals surface area contributed by atoms with Crippen molar-refractivity contribution in [2.75, 3.05) is 18.0 Å². The molecule has 0 aromatic carbocycles. The Morgan fingerprint density at radius 3 is 2.88 bits per heavy atom. The third-order valence-corrected chi connectivity index (χ3v) is 3.94. The number of aromatic nitrogens is 2. The predicted molar refractivity (Wildman–Crippen MR) is 68.2 cm³/mol. The highest BCUT2D eigenvalue weighted by atomic mass is 15.3. The van der Waals surface area contributed by atoms with Gasteiger partial charge in [-0.3, -0.25) is 0 Å². The normalized spacial score (nSPS) is 28.9. The van der Waals surface area contributed by atoms with Crippen molar-refractivity contribution in [1.82, 2.24) is 15.5 Å². The first-order valence-electron chi connectivity index (χ1n) is 6.65. The molecule has 92 valence electrons. The zero-order chi connectivity index (χ0) is 11.7. The van der Waals surface area contributed by atoms with Crippen molar-refractivity contribution < 1.29 is 0 Å². The molecule has 0 saturated carbocycles. The van der Waals surface area contributed by atoms with E-state index in [1.807, 2.05) is 6.92 Å². The zero-order valence-corrected chi connectivity index (χ0v) is 10.4. The summed E-state index contributed by atoms with van der Waals surface area (Å²) < 4.78 is 0. The van der Waals surface area contributed by atoms with E-state index in [1.165, 1.54) is 32.2 Å². The fourth-order valence-corrected chi connectivity index (χ4v) is 3.08. The minimum atomic E-state index is 0.620. The third kappa shape index (κ3) is 2.14. The number of nitrogens with one attached hydrogen (secondary N) is 1. The van der Waals surface area contributed by atoms with Crippen molar-refractivity contribution in [2.45, 2.75) is 44.7 Å². The highest BCUT2D eigenvalue weighted by Gasteiger charge is 2.33. The summed E-state index contributed by atoms with van der Waals surface area (Å²) >= 11 is 0. The molecule has 3 rings (SSSR count). The van der Waals surface area contributed by atoms with Gasteiger partial charge in [-0.1, -0.05) is 0 Å². The molecule has 0 bridgehead atoms. The topological polar surface area (TPSA) is 41.0 Å². The molecule has 2 saturated heterocycles. The van der Waals surface area contributed by atoms with Gasteiger partial charge in [0, 0.05) is 18.6 Å². The number of hydrogen-bond acceptors (Lipinski definition) is 4. The molecule has 0 spiro atoms. The smallest absolute Gasteiger partial charge is 0.151 e. The number of nitrogens with zero attached hydrogens (tertiary/aromatic N) is 3. The lowest BCUT2D eigenvalue weighted by Crippen LogP contribution is -2.44. The highest BCUT2D eigenvalue weighted by Crippen LogP contribution is 2.28. The molecule has 17 heavy (non-hydrogen) atoms. The van der Waals surface area contributed by atoms with Crippen LogP contribution in [0.4, 0.5) is 5.82 Å². The summed E-state index contributed by atoms with van der Waals surface area (Å²) in [4.78, 5) is 2.44. The van der Waals surface area contributed by atoms with Crippen LogP contribution in [-0.2, 0) is 0 Å².